The molecule has 0 aromatic carbocycles. The molecule has 1 aromatic rings. The summed E-state index contributed by atoms with van der Waals surface area (Å²) in [7, 11) is -1.43. The fourth-order valence-corrected chi connectivity index (χ4v) is 4.05. The molecular formula is C13H20N3O8P. The molecule has 12 heteroatoms. The van der Waals surface area contributed by atoms with Crippen LogP contribution >= 0.6 is 7.75 Å². The molecule has 25 heavy (non-hydrogen) atoms. The lowest BCUT2D eigenvalue weighted by molar-refractivity contribution is -0.178. The lowest BCUT2D eigenvalue weighted by Crippen LogP contribution is -2.48. The van der Waals surface area contributed by atoms with E-state index in [-0.39, 0.29) is 6.61 Å². The Balaban J connectivity index is 1.95. The third-order valence-corrected chi connectivity index (χ3v) is 5.56. The first-order valence-corrected chi connectivity index (χ1v) is 9.16. The average molecular weight is 377 g/mol. The van der Waals surface area contributed by atoms with E-state index in [1.807, 2.05) is 0 Å². The number of methoxy groups -OCH3 is 1. The third kappa shape index (κ3) is 3.36. The molecule has 0 aliphatic carbocycles. The molecule has 0 amide bonds. The lowest BCUT2D eigenvalue weighted by atomic mass is 9.94. The van der Waals surface area contributed by atoms with Gasteiger partial charge in [0.05, 0.1) is 12.6 Å². The maximum Gasteiger partial charge on any atom is 0.403 e. The second-order valence-electron chi connectivity index (χ2n) is 5.92. The van der Waals surface area contributed by atoms with Crippen molar-refractivity contribution in [2.45, 2.75) is 30.4 Å². The van der Waals surface area contributed by atoms with Crippen LogP contribution in [0.5, 0.6) is 0 Å². The predicted octanol–water partition coefficient (Wildman–Crippen LogP) is -1.06. The quantitative estimate of drug-likeness (QED) is 0.507. The van der Waals surface area contributed by atoms with Gasteiger partial charge in [-0.3, -0.25) is 14.3 Å². The zero-order chi connectivity index (χ0) is 18.2. The summed E-state index contributed by atoms with van der Waals surface area (Å²) >= 11 is 0. The van der Waals surface area contributed by atoms with Crippen molar-refractivity contribution in [3.05, 3.63) is 33.1 Å². The Labute approximate surface area is 142 Å². The van der Waals surface area contributed by atoms with E-state index in [2.05, 4.69) is 14.6 Å². The molecule has 2 fully saturated rings. The number of aromatic nitrogens is 2. The first kappa shape index (κ1) is 18.5. The molecule has 0 spiro atoms. The molecule has 2 saturated heterocycles. The summed E-state index contributed by atoms with van der Waals surface area (Å²) in [4.78, 5) is 35.3. The van der Waals surface area contributed by atoms with Crippen molar-refractivity contribution in [1.82, 2.24) is 14.6 Å². The predicted molar refractivity (Wildman–Crippen MR) is 84.2 cm³/mol. The Bertz CT molecular complexity index is 794. The Kier molecular flexibility index (Phi) is 5.00. The van der Waals surface area contributed by atoms with Gasteiger partial charge in [-0.15, -0.1) is 0 Å². The molecule has 2 aliphatic heterocycles. The van der Waals surface area contributed by atoms with Crippen LogP contribution in [0.1, 0.15) is 12.6 Å². The van der Waals surface area contributed by atoms with Gasteiger partial charge in [-0.05, 0) is 0 Å². The van der Waals surface area contributed by atoms with E-state index in [0.717, 1.165) is 7.11 Å². The molecule has 3 rings (SSSR count). The highest BCUT2D eigenvalue weighted by molar-refractivity contribution is 7.50. The SMILES string of the molecule is COCC[C@@]12CO[C@H]([C@H](n3ccc(=O)[nH]c3=O)O1)[C@@H]2NP(=O)(O)OC. The smallest absolute Gasteiger partial charge is 0.385 e. The van der Waals surface area contributed by atoms with Crippen molar-refractivity contribution < 1.29 is 28.2 Å². The van der Waals surface area contributed by atoms with E-state index in [4.69, 9.17) is 14.2 Å². The van der Waals surface area contributed by atoms with Crippen LogP contribution in [-0.4, -0.2) is 59.6 Å². The van der Waals surface area contributed by atoms with Crippen molar-refractivity contribution in [2.75, 3.05) is 27.4 Å². The largest absolute Gasteiger partial charge is 0.403 e. The highest BCUT2D eigenvalue weighted by Gasteiger charge is 2.63. The second-order valence-corrected chi connectivity index (χ2v) is 7.58. The van der Waals surface area contributed by atoms with Crippen molar-refractivity contribution in [1.29, 1.82) is 0 Å². The first-order chi connectivity index (χ1) is 11.8. The third-order valence-electron chi connectivity index (χ3n) is 4.46. The van der Waals surface area contributed by atoms with Crippen molar-refractivity contribution >= 4 is 7.75 Å². The van der Waals surface area contributed by atoms with E-state index >= 15 is 0 Å². The van der Waals surface area contributed by atoms with Crippen LogP contribution in [0.3, 0.4) is 0 Å². The van der Waals surface area contributed by atoms with Crippen LogP contribution in [0.2, 0.25) is 0 Å². The van der Waals surface area contributed by atoms with Gasteiger partial charge >= 0.3 is 13.4 Å². The number of hydrogen-bond acceptors (Lipinski definition) is 7. The van der Waals surface area contributed by atoms with Crippen molar-refractivity contribution in [3.8, 4) is 0 Å². The Morgan fingerprint density at radius 3 is 2.92 bits per heavy atom. The minimum atomic E-state index is -4.07. The van der Waals surface area contributed by atoms with Gasteiger partial charge in [0, 0.05) is 39.5 Å². The topological polar surface area (TPSA) is 141 Å². The summed E-state index contributed by atoms with van der Waals surface area (Å²) in [5.74, 6) is 0. The van der Waals surface area contributed by atoms with Crippen LogP contribution in [0.15, 0.2) is 21.9 Å². The number of fused-ring (bicyclic) bond motifs is 2. The van der Waals surface area contributed by atoms with Crippen molar-refractivity contribution in [3.63, 3.8) is 0 Å². The summed E-state index contributed by atoms with van der Waals surface area (Å²) in [5.41, 5.74) is -2.17. The zero-order valence-electron chi connectivity index (χ0n) is 13.7. The van der Waals surface area contributed by atoms with E-state index in [9.17, 15) is 19.0 Å². The van der Waals surface area contributed by atoms with Gasteiger partial charge in [-0.2, -0.15) is 0 Å². The maximum atomic E-state index is 12.1. The van der Waals surface area contributed by atoms with Gasteiger partial charge in [0.2, 0.25) is 0 Å². The number of H-pyrrole nitrogens is 1. The highest BCUT2D eigenvalue weighted by atomic mass is 31.2. The molecular weight excluding hydrogens is 357 g/mol. The normalized spacial score (nSPS) is 33.5. The minimum absolute atomic E-state index is 0.164. The molecule has 0 saturated carbocycles. The van der Waals surface area contributed by atoms with Crippen LogP contribution in [0, 0.1) is 0 Å². The number of nitrogens with one attached hydrogen (secondary N) is 2. The van der Waals surface area contributed by atoms with Crippen LogP contribution < -0.4 is 16.3 Å². The van der Waals surface area contributed by atoms with Gasteiger partial charge < -0.3 is 23.6 Å². The zero-order valence-corrected chi connectivity index (χ0v) is 14.6. The van der Waals surface area contributed by atoms with E-state index in [0.29, 0.717) is 13.0 Å². The molecule has 3 heterocycles. The summed E-state index contributed by atoms with van der Waals surface area (Å²) in [5, 5.41) is 2.54. The lowest BCUT2D eigenvalue weighted by Gasteiger charge is -2.32. The van der Waals surface area contributed by atoms with Gasteiger partial charge in [-0.25, -0.2) is 14.4 Å². The number of hydrogen-bond donors (Lipinski definition) is 3. The Morgan fingerprint density at radius 1 is 1.52 bits per heavy atom. The molecule has 3 N–H and O–H groups in total. The highest BCUT2D eigenvalue weighted by Crippen LogP contribution is 2.50. The molecule has 11 nitrogen and oxygen atoms in total. The second kappa shape index (κ2) is 6.76. The number of aromatic amines is 1. The number of rotatable bonds is 7. The monoisotopic (exact) mass is 377 g/mol. The minimum Gasteiger partial charge on any atom is -0.385 e. The number of nitrogens with zero attached hydrogens (tertiary/aromatic N) is 1. The molecule has 140 valence electrons. The number of ether oxygens (including phenoxy) is 3. The van der Waals surface area contributed by atoms with Gasteiger partial charge in [0.15, 0.2) is 6.23 Å². The van der Waals surface area contributed by atoms with Crippen molar-refractivity contribution in [2.24, 2.45) is 0 Å². The fourth-order valence-electron chi connectivity index (χ4n) is 3.21. The van der Waals surface area contributed by atoms with Gasteiger partial charge in [0.25, 0.3) is 5.56 Å². The van der Waals surface area contributed by atoms with Gasteiger partial charge in [-0.1, -0.05) is 0 Å². The van der Waals surface area contributed by atoms with Crippen LogP contribution in [0.25, 0.3) is 0 Å². The average Bonchev–Trinajstić information content (AvgIpc) is 3.04. The molecule has 1 unspecified atom stereocenters. The molecule has 5 atom stereocenters. The molecule has 0 radical (unpaired) electrons. The summed E-state index contributed by atoms with van der Waals surface area (Å²) in [6.07, 6.45) is 0.0716. The van der Waals surface area contributed by atoms with E-state index in [1.54, 1.807) is 0 Å². The standard InChI is InChI=1S/C13H20N3O8P/c1-21-6-4-13-7-23-9(10(13)15-25(19,20)22-2)11(24-13)16-5-3-8(17)14-12(16)18/h3,5,9-11H,4,6-7H2,1-2H3,(H,14,17,18)(H2,15,19,20)/t9-,10-,11+,13-/m0/s1. The van der Waals surface area contributed by atoms with E-state index in [1.165, 1.54) is 23.9 Å². The van der Waals surface area contributed by atoms with Crippen LogP contribution in [-0.2, 0) is 23.3 Å². The summed E-state index contributed by atoms with van der Waals surface area (Å²) in [6, 6.07) is 0.481. The molecule has 2 bridgehead atoms. The Morgan fingerprint density at radius 2 is 2.28 bits per heavy atom. The first-order valence-electron chi connectivity index (χ1n) is 7.58. The Hall–Kier alpha value is -1.33. The van der Waals surface area contributed by atoms with Gasteiger partial charge in [0.1, 0.15) is 11.7 Å². The molecule has 2 aliphatic rings. The fraction of sp³-hybridized carbons (Fsp3) is 0.692. The van der Waals surface area contributed by atoms with E-state index < -0.39 is 43.0 Å². The summed E-state index contributed by atoms with van der Waals surface area (Å²) in [6.45, 7) is 0.487. The molecule has 1 aromatic heterocycles. The maximum absolute atomic E-state index is 12.1. The van der Waals surface area contributed by atoms with Crippen LogP contribution in [0.4, 0.5) is 0 Å². The summed E-state index contributed by atoms with van der Waals surface area (Å²) < 4.78 is 34.6.